The fraction of sp³-hybridized carbons (Fsp3) is 1.00. The number of halogens is 1. The van der Waals surface area contributed by atoms with E-state index in [9.17, 15) is 4.39 Å². The number of unbranched alkanes of at least 4 members (excludes halogenated alkanes) is 7. The van der Waals surface area contributed by atoms with Crippen LogP contribution in [0.1, 0.15) is 64.7 Å². The first-order valence-corrected chi connectivity index (χ1v) is 5.67. The van der Waals surface area contributed by atoms with Crippen molar-refractivity contribution in [3.63, 3.8) is 0 Å². The van der Waals surface area contributed by atoms with Crippen molar-refractivity contribution in [3.8, 4) is 0 Å². The Labute approximate surface area is 81.9 Å². The molecule has 0 radical (unpaired) electrons. The van der Waals surface area contributed by atoms with Crippen LogP contribution in [0.2, 0.25) is 0 Å². The zero-order valence-corrected chi connectivity index (χ0v) is 8.90. The van der Waals surface area contributed by atoms with E-state index in [1.54, 1.807) is 0 Å². The highest BCUT2D eigenvalue weighted by molar-refractivity contribution is 4.49. The van der Waals surface area contributed by atoms with Crippen LogP contribution in [0.15, 0.2) is 0 Å². The smallest absolute Gasteiger partial charge is 0.148 e. The van der Waals surface area contributed by atoms with Crippen LogP contribution in [0.25, 0.3) is 0 Å². The van der Waals surface area contributed by atoms with Crippen LogP contribution >= 0.6 is 0 Å². The molecular formula is C11H24FN. The Bertz CT molecular complexity index is 94.1. The number of hydrogen-bond acceptors (Lipinski definition) is 1. The Balaban J connectivity index is 2.84. The first-order valence-electron chi connectivity index (χ1n) is 5.67. The van der Waals surface area contributed by atoms with E-state index in [1.165, 1.54) is 38.5 Å². The number of rotatable bonds is 9. The van der Waals surface area contributed by atoms with E-state index in [-0.39, 0.29) is 0 Å². The first kappa shape index (κ1) is 12.9. The minimum absolute atomic E-state index is 0.537. The Morgan fingerprint density at radius 1 is 0.923 bits per heavy atom. The van der Waals surface area contributed by atoms with Gasteiger partial charge in [-0.3, -0.25) is 0 Å². The largest absolute Gasteiger partial charge is 0.302 e. The van der Waals surface area contributed by atoms with Crippen molar-refractivity contribution in [2.75, 3.05) is 0 Å². The normalized spacial score (nSPS) is 13.2. The fourth-order valence-electron chi connectivity index (χ4n) is 1.47. The molecule has 1 nitrogen and oxygen atoms in total. The van der Waals surface area contributed by atoms with Crippen molar-refractivity contribution in [2.45, 2.75) is 71.0 Å². The van der Waals surface area contributed by atoms with E-state index in [4.69, 9.17) is 5.73 Å². The van der Waals surface area contributed by atoms with Gasteiger partial charge in [-0.05, 0) is 12.8 Å². The van der Waals surface area contributed by atoms with Gasteiger partial charge >= 0.3 is 0 Å². The first-order chi connectivity index (χ1) is 6.27. The molecule has 0 aliphatic heterocycles. The van der Waals surface area contributed by atoms with Crippen LogP contribution in [0.3, 0.4) is 0 Å². The second-order valence-corrected chi connectivity index (χ2v) is 3.78. The molecule has 0 heterocycles. The Kier molecular flexibility index (Phi) is 9.89. The summed E-state index contributed by atoms with van der Waals surface area (Å²) in [5.74, 6) is 0. The van der Waals surface area contributed by atoms with Crippen LogP contribution in [0.5, 0.6) is 0 Å². The van der Waals surface area contributed by atoms with Gasteiger partial charge in [0.2, 0.25) is 0 Å². The molecule has 0 saturated carbocycles. The molecule has 0 aromatic rings. The molecule has 0 aromatic heterocycles. The summed E-state index contributed by atoms with van der Waals surface area (Å²) < 4.78 is 12.2. The van der Waals surface area contributed by atoms with Crippen molar-refractivity contribution in [2.24, 2.45) is 5.73 Å². The molecule has 1 atom stereocenters. The van der Waals surface area contributed by atoms with E-state index in [0.717, 1.165) is 12.8 Å². The van der Waals surface area contributed by atoms with Crippen LogP contribution < -0.4 is 5.73 Å². The van der Waals surface area contributed by atoms with Crippen molar-refractivity contribution in [3.05, 3.63) is 0 Å². The van der Waals surface area contributed by atoms with E-state index in [0.29, 0.717) is 6.42 Å². The average Bonchev–Trinajstić information content (AvgIpc) is 2.09. The van der Waals surface area contributed by atoms with Gasteiger partial charge in [0.15, 0.2) is 0 Å². The molecule has 0 aromatic carbocycles. The third-order valence-electron chi connectivity index (χ3n) is 2.33. The van der Waals surface area contributed by atoms with E-state index in [2.05, 4.69) is 6.92 Å². The third kappa shape index (κ3) is 11.9. The molecule has 80 valence electrons. The Morgan fingerprint density at radius 2 is 1.38 bits per heavy atom. The van der Waals surface area contributed by atoms with Gasteiger partial charge in [-0.15, -0.1) is 0 Å². The summed E-state index contributed by atoms with van der Waals surface area (Å²) in [4.78, 5) is 0. The summed E-state index contributed by atoms with van der Waals surface area (Å²) in [7, 11) is 0. The Hall–Kier alpha value is -0.110. The third-order valence-corrected chi connectivity index (χ3v) is 2.33. The van der Waals surface area contributed by atoms with Gasteiger partial charge in [0.1, 0.15) is 6.30 Å². The van der Waals surface area contributed by atoms with Crippen LogP contribution in [0, 0.1) is 0 Å². The SMILES string of the molecule is CCCCCCCCCCC(N)F. The maximum absolute atomic E-state index is 12.2. The van der Waals surface area contributed by atoms with Crippen LogP contribution in [0.4, 0.5) is 4.39 Å². The van der Waals surface area contributed by atoms with E-state index >= 15 is 0 Å². The summed E-state index contributed by atoms with van der Waals surface area (Å²) in [6.45, 7) is 2.22. The molecule has 2 N–H and O–H groups in total. The predicted molar refractivity (Wildman–Crippen MR) is 56.3 cm³/mol. The second kappa shape index (κ2) is 9.97. The van der Waals surface area contributed by atoms with Gasteiger partial charge in [-0.1, -0.05) is 51.9 Å². The molecule has 0 rings (SSSR count). The van der Waals surface area contributed by atoms with Gasteiger partial charge in [-0.25, -0.2) is 4.39 Å². The summed E-state index contributed by atoms with van der Waals surface area (Å²) >= 11 is 0. The summed E-state index contributed by atoms with van der Waals surface area (Å²) in [6, 6.07) is 0. The van der Waals surface area contributed by atoms with Gasteiger partial charge in [-0.2, -0.15) is 0 Å². The maximum Gasteiger partial charge on any atom is 0.148 e. The van der Waals surface area contributed by atoms with Crippen molar-refractivity contribution in [1.29, 1.82) is 0 Å². The Morgan fingerprint density at radius 3 is 1.85 bits per heavy atom. The minimum Gasteiger partial charge on any atom is -0.302 e. The lowest BCUT2D eigenvalue weighted by molar-refractivity contribution is 0.314. The fourth-order valence-corrected chi connectivity index (χ4v) is 1.47. The summed E-state index contributed by atoms with van der Waals surface area (Å²) in [6.07, 6.45) is 9.45. The quantitative estimate of drug-likeness (QED) is 0.433. The monoisotopic (exact) mass is 189 g/mol. The minimum atomic E-state index is -1.10. The van der Waals surface area contributed by atoms with E-state index < -0.39 is 6.30 Å². The molecule has 1 unspecified atom stereocenters. The predicted octanol–water partition coefficient (Wildman–Crippen LogP) is 3.77. The number of hydrogen-bond donors (Lipinski definition) is 1. The molecule has 0 saturated heterocycles. The summed E-state index contributed by atoms with van der Waals surface area (Å²) in [5.41, 5.74) is 5.01. The van der Waals surface area contributed by atoms with Crippen molar-refractivity contribution < 1.29 is 4.39 Å². The molecule has 2 heteroatoms. The standard InChI is InChI=1S/C11H24FN/c1-2-3-4-5-6-7-8-9-10-11(12)13/h11H,2-10,13H2,1H3. The van der Waals surface area contributed by atoms with Crippen LogP contribution in [-0.4, -0.2) is 6.30 Å². The van der Waals surface area contributed by atoms with Crippen molar-refractivity contribution in [1.82, 2.24) is 0 Å². The maximum atomic E-state index is 12.2. The topological polar surface area (TPSA) is 26.0 Å². The number of alkyl halides is 1. The summed E-state index contributed by atoms with van der Waals surface area (Å²) in [5, 5.41) is 0. The molecule has 0 bridgehead atoms. The van der Waals surface area contributed by atoms with Gasteiger partial charge in [0, 0.05) is 0 Å². The molecule has 13 heavy (non-hydrogen) atoms. The lowest BCUT2D eigenvalue weighted by Gasteiger charge is -2.02. The number of nitrogens with two attached hydrogens (primary N) is 1. The molecule has 0 spiro atoms. The van der Waals surface area contributed by atoms with Gasteiger partial charge in [0.25, 0.3) is 0 Å². The average molecular weight is 189 g/mol. The zero-order valence-electron chi connectivity index (χ0n) is 8.90. The van der Waals surface area contributed by atoms with Gasteiger partial charge < -0.3 is 5.73 Å². The molecule has 0 aliphatic carbocycles. The molecule has 0 fully saturated rings. The lowest BCUT2D eigenvalue weighted by atomic mass is 10.1. The highest BCUT2D eigenvalue weighted by atomic mass is 19.1. The molecule has 0 aliphatic rings. The highest BCUT2D eigenvalue weighted by Gasteiger charge is 1.97. The van der Waals surface area contributed by atoms with Gasteiger partial charge in [0.05, 0.1) is 0 Å². The lowest BCUT2D eigenvalue weighted by Crippen LogP contribution is -2.11. The van der Waals surface area contributed by atoms with Crippen LogP contribution in [-0.2, 0) is 0 Å². The second-order valence-electron chi connectivity index (χ2n) is 3.78. The zero-order chi connectivity index (χ0) is 9.94. The van der Waals surface area contributed by atoms with Crippen molar-refractivity contribution >= 4 is 0 Å². The highest BCUT2D eigenvalue weighted by Crippen LogP contribution is 2.10. The molecule has 0 amide bonds. The van der Waals surface area contributed by atoms with E-state index in [1.807, 2.05) is 0 Å². The molecular weight excluding hydrogens is 165 g/mol.